The van der Waals surface area contributed by atoms with Gasteiger partial charge in [-0.3, -0.25) is 0 Å². The summed E-state index contributed by atoms with van der Waals surface area (Å²) in [6, 6.07) is 7.44. The number of morpholine rings is 1. The predicted molar refractivity (Wildman–Crippen MR) is 83.1 cm³/mol. The van der Waals surface area contributed by atoms with Crippen molar-refractivity contribution in [3.63, 3.8) is 0 Å². The van der Waals surface area contributed by atoms with Gasteiger partial charge in [-0.1, -0.05) is 12.1 Å². The zero-order valence-electron chi connectivity index (χ0n) is 12.5. The molecule has 118 valence electrons. The van der Waals surface area contributed by atoms with Gasteiger partial charge in [-0.15, -0.1) is 0 Å². The Bertz CT molecular complexity index is 549. The first-order valence-corrected chi connectivity index (χ1v) is 8.55. The van der Waals surface area contributed by atoms with E-state index in [0.29, 0.717) is 31.7 Å². The Morgan fingerprint density at radius 2 is 1.81 bits per heavy atom. The van der Waals surface area contributed by atoms with Crippen LogP contribution in [0.25, 0.3) is 0 Å². The quantitative estimate of drug-likeness (QED) is 0.786. The maximum atomic E-state index is 12.3. The average Bonchev–Trinajstić information content (AvgIpc) is 2.40. The van der Waals surface area contributed by atoms with Gasteiger partial charge in [0, 0.05) is 25.3 Å². The van der Waals surface area contributed by atoms with Gasteiger partial charge in [-0.2, -0.15) is 12.7 Å². The van der Waals surface area contributed by atoms with Crippen molar-refractivity contribution in [2.45, 2.75) is 32.5 Å². The van der Waals surface area contributed by atoms with E-state index in [4.69, 9.17) is 10.5 Å². The maximum Gasteiger partial charge on any atom is 0.279 e. The predicted octanol–water partition coefficient (Wildman–Crippen LogP) is 0.755. The summed E-state index contributed by atoms with van der Waals surface area (Å²) < 4.78 is 34.2. The third-order valence-corrected chi connectivity index (χ3v) is 4.95. The molecule has 1 aliphatic heterocycles. The minimum absolute atomic E-state index is 0.0811. The molecule has 1 saturated heterocycles. The van der Waals surface area contributed by atoms with E-state index in [2.05, 4.69) is 4.72 Å². The number of nitrogens with one attached hydrogen (secondary N) is 1. The van der Waals surface area contributed by atoms with Crippen LogP contribution in [0.3, 0.4) is 0 Å². The van der Waals surface area contributed by atoms with Gasteiger partial charge in [0.2, 0.25) is 0 Å². The molecule has 3 N–H and O–H groups in total. The lowest BCUT2D eigenvalue weighted by Gasteiger charge is -2.34. The highest BCUT2D eigenvalue weighted by Gasteiger charge is 2.30. The summed E-state index contributed by atoms with van der Waals surface area (Å²) in [5.74, 6) is 0. The second kappa shape index (κ2) is 6.74. The molecular weight excluding hydrogens is 290 g/mol. The lowest BCUT2D eigenvalue weighted by molar-refractivity contribution is -0.0443. The first-order chi connectivity index (χ1) is 9.87. The van der Waals surface area contributed by atoms with Crippen molar-refractivity contribution in [3.8, 4) is 0 Å². The molecule has 6 nitrogen and oxygen atoms in total. The summed E-state index contributed by atoms with van der Waals surface area (Å²) >= 11 is 0. The molecule has 2 unspecified atom stereocenters. The van der Waals surface area contributed by atoms with Crippen molar-refractivity contribution >= 4 is 15.9 Å². The van der Waals surface area contributed by atoms with Crippen LogP contribution in [0.2, 0.25) is 0 Å². The van der Waals surface area contributed by atoms with E-state index >= 15 is 0 Å². The lowest BCUT2D eigenvalue weighted by Crippen LogP contribution is -2.52. The number of anilines is 1. The summed E-state index contributed by atoms with van der Waals surface area (Å²) in [5, 5.41) is 0. The summed E-state index contributed by atoms with van der Waals surface area (Å²) in [7, 11) is -3.45. The average molecular weight is 313 g/mol. The second-order valence-corrected chi connectivity index (χ2v) is 7.22. The minimum atomic E-state index is -3.45. The van der Waals surface area contributed by atoms with Crippen molar-refractivity contribution in [1.29, 1.82) is 0 Å². The molecule has 2 atom stereocenters. The van der Waals surface area contributed by atoms with Crippen molar-refractivity contribution < 1.29 is 13.2 Å². The molecule has 0 amide bonds. The van der Waals surface area contributed by atoms with E-state index < -0.39 is 10.2 Å². The summed E-state index contributed by atoms with van der Waals surface area (Å²) in [4.78, 5) is 0. The Hall–Kier alpha value is -1.15. The number of rotatable bonds is 5. The fourth-order valence-electron chi connectivity index (χ4n) is 2.43. The third kappa shape index (κ3) is 4.67. The van der Waals surface area contributed by atoms with Crippen LogP contribution in [0, 0.1) is 0 Å². The first kappa shape index (κ1) is 16.2. The molecular formula is C14H23N3O3S. The van der Waals surface area contributed by atoms with Gasteiger partial charge in [0.1, 0.15) is 0 Å². The van der Waals surface area contributed by atoms with Gasteiger partial charge in [-0.05, 0) is 38.0 Å². The number of nitrogens with zero attached hydrogens (tertiary/aromatic N) is 1. The van der Waals surface area contributed by atoms with E-state index in [1.165, 1.54) is 4.31 Å². The van der Waals surface area contributed by atoms with Gasteiger partial charge in [0.05, 0.1) is 12.2 Å². The van der Waals surface area contributed by atoms with Crippen LogP contribution in [0.5, 0.6) is 0 Å². The summed E-state index contributed by atoms with van der Waals surface area (Å²) in [6.45, 7) is 4.91. The minimum Gasteiger partial charge on any atom is -0.399 e. The van der Waals surface area contributed by atoms with Gasteiger partial charge < -0.3 is 10.5 Å². The number of hydrogen-bond donors (Lipinski definition) is 2. The molecule has 21 heavy (non-hydrogen) atoms. The fraction of sp³-hybridized carbons (Fsp3) is 0.571. The van der Waals surface area contributed by atoms with Crippen LogP contribution >= 0.6 is 0 Å². The Balaban J connectivity index is 1.87. The topological polar surface area (TPSA) is 84.7 Å². The lowest BCUT2D eigenvalue weighted by atomic mass is 10.1. The molecule has 2 rings (SSSR count). The fourth-order valence-corrected chi connectivity index (χ4v) is 3.78. The highest BCUT2D eigenvalue weighted by atomic mass is 32.2. The normalized spacial score (nSPS) is 24.1. The number of benzene rings is 1. The van der Waals surface area contributed by atoms with Crippen LogP contribution in [-0.4, -0.2) is 44.6 Å². The zero-order valence-corrected chi connectivity index (χ0v) is 13.3. The molecule has 0 bridgehead atoms. The SMILES string of the molecule is CC1CN(S(=O)(=O)NCCc2ccc(N)cc2)CC(C)O1. The Kier molecular flexibility index (Phi) is 5.21. The monoisotopic (exact) mass is 313 g/mol. The maximum absolute atomic E-state index is 12.3. The smallest absolute Gasteiger partial charge is 0.279 e. The number of nitrogen functional groups attached to an aromatic ring is 1. The molecule has 1 aromatic carbocycles. The summed E-state index contributed by atoms with van der Waals surface area (Å²) in [5.41, 5.74) is 7.37. The van der Waals surface area contributed by atoms with Gasteiger partial charge in [0.25, 0.3) is 10.2 Å². The highest BCUT2D eigenvalue weighted by molar-refractivity contribution is 7.87. The van der Waals surface area contributed by atoms with E-state index in [1.54, 1.807) is 0 Å². The van der Waals surface area contributed by atoms with Crippen LogP contribution in [-0.2, 0) is 21.4 Å². The molecule has 1 aromatic rings. The molecule has 0 saturated carbocycles. The van der Waals surface area contributed by atoms with Crippen LogP contribution in [0.4, 0.5) is 5.69 Å². The summed E-state index contributed by atoms with van der Waals surface area (Å²) in [6.07, 6.45) is 0.472. The second-order valence-electron chi connectivity index (χ2n) is 5.47. The largest absolute Gasteiger partial charge is 0.399 e. The molecule has 7 heteroatoms. The molecule has 0 aliphatic carbocycles. The van der Waals surface area contributed by atoms with Crippen molar-refractivity contribution in [2.24, 2.45) is 0 Å². The van der Waals surface area contributed by atoms with E-state index in [9.17, 15) is 8.42 Å². The first-order valence-electron chi connectivity index (χ1n) is 7.11. The van der Waals surface area contributed by atoms with Crippen molar-refractivity contribution in [2.75, 3.05) is 25.4 Å². The van der Waals surface area contributed by atoms with Gasteiger partial charge in [-0.25, -0.2) is 4.72 Å². The van der Waals surface area contributed by atoms with E-state index in [0.717, 1.165) is 5.56 Å². The molecule has 0 aromatic heterocycles. The van der Waals surface area contributed by atoms with Crippen LogP contribution in [0.1, 0.15) is 19.4 Å². The van der Waals surface area contributed by atoms with E-state index in [1.807, 2.05) is 38.1 Å². The van der Waals surface area contributed by atoms with Crippen LogP contribution in [0.15, 0.2) is 24.3 Å². The number of hydrogen-bond acceptors (Lipinski definition) is 4. The standard InChI is InChI=1S/C14H23N3O3S/c1-11-9-17(10-12(2)20-11)21(18,19)16-8-7-13-3-5-14(15)6-4-13/h3-6,11-12,16H,7-10,15H2,1-2H3. The van der Waals surface area contributed by atoms with Crippen LogP contribution < -0.4 is 10.5 Å². The highest BCUT2D eigenvalue weighted by Crippen LogP contribution is 2.13. The third-order valence-electron chi connectivity index (χ3n) is 3.40. The number of ether oxygens (including phenoxy) is 1. The van der Waals surface area contributed by atoms with Gasteiger partial charge in [0.15, 0.2) is 0 Å². The molecule has 1 aliphatic rings. The number of nitrogens with two attached hydrogens (primary N) is 1. The molecule has 0 spiro atoms. The molecule has 0 radical (unpaired) electrons. The van der Waals surface area contributed by atoms with Gasteiger partial charge >= 0.3 is 0 Å². The Morgan fingerprint density at radius 3 is 2.38 bits per heavy atom. The molecule has 1 fully saturated rings. The molecule has 1 heterocycles. The Morgan fingerprint density at radius 1 is 1.24 bits per heavy atom. The van der Waals surface area contributed by atoms with E-state index in [-0.39, 0.29) is 12.2 Å². The zero-order chi connectivity index (χ0) is 15.5. The van der Waals surface area contributed by atoms with Crippen molar-refractivity contribution in [1.82, 2.24) is 9.03 Å². The van der Waals surface area contributed by atoms with Crippen molar-refractivity contribution in [3.05, 3.63) is 29.8 Å². The Labute approximate surface area is 126 Å².